The quantitative estimate of drug-likeness (QED) is 0.553. The molecule has 0 atom stereocenters. The van der Waals surface area contributed by atoms with E-state index in [0.717, 1.165) is 22.2 Å². The summed E-state index contributed by atoms with van der Waals surface area (Å²) in [7, 11) is 0. The van der Waals surface area contributed by atoms with Gasteiger partial charge < -0.3 is 10.3 Å². The second-order valence-corrected chi connectivity index (χ2v) is 6.12. The van der Waals surface area contributed by atoms with Crippen molar-refractivity contribution in [1.82, 2.24) is 9.97 Å². The summed E-state index contributed by atoms with van der Waals surface area (Å²) >= 11 is 0. The van der Waals surface area contributed by atoms with Crippen molar-refractivity contribution in [3.05, 3.63) is 83.7 Å². The monoisotopic (exact) mass is 345 g/mol. The molecule has 0 aliphatic rings. The zero-order valence-corrected chi connectivity index (χ0v) is 14.1. The molecular formula is C21H16FN3O. The standard InChI is InChI=1S/C21H16FN3O/c1-13-9-10-18-19(11-13)25-20(24-18)14-5-4-6-15(12-14)23-21(26)16-7-2-3-8-17(16)22/h2-12H,1H3,(H,23,26)(H,24,25). The van der Waals surface area contributed by atoms with Crippen molar-refractivity contribution in [3.8, 4) is 11.4 Å². The average Bonchev–Trinajstić information content (AvgIpc) is 3.05. The number of carbonyl (C=O) groups excluding carboxylic acids is 1. The predicted octanol–water partition coefficient (Wildman–Crippen LogP) is 4.93. The fourth-order valence-corrected chi connectivity index (χ4v) is 2.85. The third kappa shape index (κ3) is 3.07. The van der Waals surface area contributed by atoms with Gasteiger partial charge in [0.25, 0.3) is 5.91 Å². The first-order valence-electron chi connectivity index (χ1n) is 8.23. The molecule has 4 aromatic rings. The Morgan fingerprint density at radius 1 is 1.04 bits per heavy atom. The number of hydrogen-bond acceptors (Lipinski definition) is 2. The maximum absolute atomic E-state index is 13.8. The molecule has 3 aromatic carbocycles. The molecule has 1 amide bonds. The number of aromatic nitrogens is 2. The van der Waals surface area contributed by atoms with Crippen molar-refractivity contribution in [3.63, 3.8) is 0 Å². The summed E-state index contributed by atoms with van der Waals surface area (Å²) < 4.78 is 13.8. The normalized spacial score (nSPS) is 10.8. The van der Waals surface area contributed by atoms with Gasteiger partial charge in [-0.2, -0.15) is 0 Å². The van der Waals surface area contributed by atoms with Crippen molar-refractivity contribution in [2.75, 3.05) is 5.32 Å². The van der Waals surface area contributed by atoms with E-state index < -0.39 is 11.7 Å². The SMILES string of the molecule is Cc1ccc2nc(-c3cccc(NC(=O)c4ccccc4F)c3)[nH]c2c1. The van der Waals surface area contributed by atoms with Gasteiger partial charge >= 0.3 is 0 Å². The van der Waals surface area contributed by atoms with E-state index >= 15 is 0 Å². The molecule has 5 heteroatoms. The molecule has 0 radical (unpaired) electrons. The number of benzene rings is 3. The van der Waals surface area contributed by atoms with Gasteiger partial charge in [-0.15, -0.1) is 0 Å². The first kappa shape index (κ1) is 16.0. The zero-order valence-electron chi connectivity index (χ0n) is 14.1. The fourth-order valence-electron chi connectivity index (χ4n) is 2.85. The van der Waals surface area contributed by atoms with E-state index in [1.807, 2.05) is 43.3 Å². The van der Waals surface area contributed by atoms with Crippen LogP contribution in [0.2, 0.25) is 0 Å². The Morgan fingerprint density at radius 2 is 1.88 bits per heavy atom. The number of imidazole rings is 1. The van der Waals surface area contributed by atoms with Crippen molar-refractivity contribution in [1.29, 1.82) is 0 Å². The van der Waals surface area contributed by atoms with Crippen LogP contribution in [0.25, 0.3) is 22.4 Å². The molecule has 0 saturated carbocycles. The van der Waals surface area contributed by atoms with Crippen LogP contribution in [0.15, 0.2) is 66.7 Å². The maximum atomic E-state index is 13.8. The van der Waals surface area contributed by atoms with Crippen LogP contribution < -0.4 is 5.32 Å². The summed E-state index contributed by atoms with van der Waals surface area (Å²) in [5, 5.41) is 2.73. The van der Waals surface area contributed by atoms with Crippen LogP contribution in [0.4, 0.5) is 10.1 Å². The molecule has 0 unspecified atom stereocenters. The Morgan fingerprint density at radius 3 is 2.73 bits per heavy atom. The van der Waals surface area contributed by atoms with Crippen LogP contribution in [0.1, 0.15) is 15.9 Å². The minimum atomic E-state index is -0.547. The van der Waals surface area contributed by atoms with E-state index in [2.05, 4.69) is 15.3 Å². The first-order valence-corrected chi connectivity index (χ1v) is 8.23. The lowest BCUT2D eigenvalue weighted by Gasteiger charge is -2.07. The largest absolute Gasteiger partial charge is 0.338 e. The van der Waals surface area contributed by atoms with Gasteiger partial charge in [0.05, 0.1) is 16.6 Å². The predicted molar refractivity (Wildman–Crippen MR) is 101 cm³/mol. The van der Waals surface area contributed by atoms with Crippen LogP contribution in [-0.4, -0.2) is 15.9 Å². The van der Waals surface area contributed by atoms with Crippen LogP contribution >= 0.6 is 0 Å². The minimum absolute atomic E-state index is 0.0112. The number of nitrogens with one attached hydrogen (secondary N) is 2. The molecule has 1 heterocycles. The van der Waals surface area contributed by atoms with E-state index in [1.165, 1.54) is 12.1 Å². The molecule has 0 bridgehead atoms. The van der Waals surface area contributed by atoms with Gasteiger partial charge in [-0.05, 0) is 48.9 Å². The number of aromatic amines is 1. The molecule has 0 spiro atoms. The number of H-pyrrole nitrogens is 1. The summed E-state index contributed by atoms with van der Waals surface area (Å²) in [4.78, 5) is 20.2. The van der Waals surface area contributed by atoms with Crippen molar-refractivity contribution in [2.24, 2.45) is 0 Å². The van der Waals surface area contributed by atoms with Gasteiger partial charge in [-0.3, -0.25) is 4.79 Å². The zero-order chi connectivity index (χ0) is 18.1. The molecular weight excluding hydrogens is 329 g/mol. The lowest BCUT2D eigenvalue weighted by Crippen LogP contribution is -2.13. The second-order valence-electron chi connectivity index (χ2n) is 6.12. The van der Waals surface area contributed by atoms with Crippen molar-refractivity contribution < 1.29 is 9.18 Å². The number of amides is 1. The highest BCUT2D eigenvalue weighted by Gasteiger charge is 2.12. The number of rotatable bonds is 3. The Bertz CT molecular complexity index is 1120. The number of aryl methyl sites for hydroxylation is 1. The second kappa shape index (κ2) is 6.44. The molecule has 0 fully saturated rings. The van der Waals surface area contributed by atoms with E-state index in [9.17, 15) is 9.18 Å². The highest BCUT2D eigenvalue weighted by atomic mass is 19.1. The average molecular weight is 345 g/mol. The smallest absolute Gasteiger partial charge is 0.258 e. The van der Waals surface area contributed by atoms with E-state index in [1.54, 1.807) is 18.2 Å². The Kier molecular flexibility index (Phi) is 3.97. The van der Waals surface area contributed by atoms with Gasteiger partial charge in [-0.25, -0.2) is 9.37 Å². The topological polar surface area (TPSA) is 57.8 Å². The van der Waals surface area contributed by atoms with Gasteiger partial charge in [-0.1, -0.05) is 30.3 Å². The number of fused-ring (bicyclic) bond motifs is 1. The van der Waals surface area contributed by atoms with Crippen molar-refractivity contribution in [2.45, 2.75) is 6.92 Å². The Hall–Kier alpha value is -3.47. The van der Waals surface area contributed by atoms with Crippen LogP contribution in [0.5, 0.6) is 0 Å². The van der Waals surface area contributed by atoms with Crippen molar-refractivity contribution >= 4 is 22.6 Å². The molecule has 0 aliphatic heterocycles. The molecule has 128 valence electrons. The van der Waals surface area contributed by atoms with Crippen LogP contribution in [-0.2, 0) is 0 Å². The number of carbonyl (C=O) groups is 1. The summed E-state index contributed by atoms with van der Waals surface area (Å²) in [6.07, 6.45) is 0. The van der Waals surface area contributed by atoms with Gasteiger partial charge in [0.2, 0.25) is 0 Å². The lowest BCUT2D eigenvalue weighted by atomic mass is 10.1. The Labute approximate surface area is 149 Å². The number of hydrogen-bond donors (Lipinski definition) is 2. The molecule has 26 heavy (non-hydrogen) atoms. The molecule has 0 aliphatic carbocycles. The molecule has 4 nitrogen and oxygen atoms in total. The molecule has 4 rings (SSSR count). The van der Waals surface area contributed by atoms with Crippen LogP contribution in [0.3, 0.4) is 0 Å². The molecule has 2 N–H and O–H groups in total. The summed E-state index contributed by atoms with van der Waals surface area (Å²) in [6.45, 7) is 2.03. The summed E-state index contributed by atoms with van der Waals surface area (Å²) in [6, 6.07) is 19.2. The third-order valence-corrected chi connectivity index (χ3v) is 4.15. The third-order valence-electron chi connectivity index (χ3n) is 4.15. The Balaban J connectivity index is 1.64. The lowest BCUT2D eigenvalue weighted by molar-refractivity contribution is 0.102. The molecule has 1 aromatic heterocycles. The van der Waals surface area contributed by atoms with Gasteiger partial charge in [0, 0.05) is 11.3 Å². The molecule has 0 saturated heterocycles. The number of halogens is 1. The fraction of sp³-hybridized carbons (Fsp3) is 0.0476. The highest BCUT2D eigenvalue weighted by Crippen LogP contribution is 2.24. The highest BCUT2D eigenvalue weighted by molar-refractivity contribution is 6.04. The van der Waals surface area contributed by atoms with E-state index in [0.29, 0.717) is 11.5 Å². The number of nitrogens with zero attached hydrogens (tertiary/aromatic N) is 1. The van der Waals surface area contributed by atoms with Gasteiger partial charge in [0.15, 0.2) is 0 Å². The van der Waals surface area contributed by atoms with Crippen LogP contribution in [0, 0.1) is 12.7 Å². The maximum Gasteiger partial charge on any atom is 0.258 e. The van der Waals surface area contributed by atoms with E-state index in [-0.39, 0.29) is 5.56 Å². The first-order chi connectivity index (χ1) is 12.6. The summed E-state index contributed by atoms with van der Waals surface area (Å²) in [5.74, 6) is -0.318. The number of anilines is 1. The minimum Gasteiger partial charge on any atom is -0.338 e. The van der Waals surface area contributed by atoms with E-state index in [4.69, 9.17) is 0 Å². The summed E-state index contributed by atoms with van der Waals surface area (Å²) in [5.41, 5.74) is 4.42. The van der Waals surface area contributed by atoms with Gasteiger partial charge in [0.1, 0.15) is 11.6 Å².